The lowest BCUT2D eigenvalue weighted by Crippen LogP contribution is -2.21. The lowest BCUT2D eigenvalue weighted by Gasteiger charge is -2.00. The summed E-state index contributed by atoms with van der Waals surface area (Å²) in [5, 5.41) is 2.85. The van der Waals surface area contributed by atoms with E-state index < -0.39 is 0 Å². The molecule has 0 bridgehead atoms. The van der Waals surface area contributed by atoms with Crippen molar-refractivity contribution in [3.05, 3.63) is 36.2 Å². The summed E-state index contributed by atoms with van der Waals surface area (Å²) in [6, 6.07) is 7.53. The first-order valence-corrected chi connectivity index (χ1v) is 7.11. The maximum Gasteiger partial charge on any atom is 0.244 e. The second kappa shape index (κ2) is 7.48. The first kappa shape index (κ1) is 14.3. The van der Waals surface area contributed by atoms with Gasteiger partial charge in [-0.05, 0) is 18.6 Å². The Morgan fingerprint density at radius 2 is 2.15 bits per heavy atom. The van der Waals surface area contributed by atoms with Crippen molar-refractivity contribution in [2.45, 2.75) is 32.6 Å². The summed E-state index contributed by atoms with van der Waals surface area (Å²) < 4.78 is 5.50. The van der Waals surface area contributed by atoms with Crippen molar-refractivity contribution in [2.75, 3.05) is 6.54 Å². The number of unbranched alkanes of at least 4 members (excludes halogenated alkanes) is 3. The van der Waals surface area contributed by atoms with Gasteiger partial charge < -0.3 is 9.73 Å². The Morgan fingerprint density at radius 3 is 2.95 bits per heavy atom. The average Bonchev–Trinajstić information content (AvgIpc) is 2.88. The van der Waals surface area contributed by atoms with Crippen molar-refractivity contribution in [3.63, 3.8) is 0 Å². The van der Waals surface area contributed by atoms with Crippen LogP contribution in [-0.4, -0.2) is 17.4 Å². The number of nitrogens with zero attached hydrogens (tertiary/aromatic N) is 1. The zero-order valence-electron chi connectivity index (χ0n) is 11.8. The van der Waals surface area contributed by atoms with Crippen LogP contribution in [-0.2, 0) is 4.79 Å². The third-order valence-corrected chi connectivity index (χ3v) is 3.02. The molecule has 20 heavy (non-hydrogen) atoms. The molecule has 0 unspecified atom stereocenters. The summed E-state index contributed by atoms with van der Waals surface area (Å²) in [5.74, 6) is 0.344. The number of carbonyl (C=O) groups excluding carboxylic acids is 1. The predicted octanol–water partition coefficient (Wildman–Crippen LogP) is 3.54. The monoisotopic (exact) mass is 272 g/mol. The number of benzene rings is 1. The molecule has 0 saturated heterocycles. The lowest BCUT2D eigenvalue weighted by atomic mass is 10.2. The zero-order valence-corrected chi connectivity index (χ0v) is 11.8. The second-order valence-electron chi connectivity index (χ2n) is 4.70. The molecular formula is C16H20N2O2. The summed E-state index contributed by atoms with van der Waals surface area (Å²) in [7, 11) is 0. The number of carbonyl (C=O) groups is 1. The molecule has 1 heterocycles. The van der Waals surface area contributed by atoms with E-state index >= 15 is 0 Å². The molecule has 4 nitrogen and oxygen atoms in total. The van der Waals surface area contributed by atoms with Crippen molar-refractivity contribution in [1.29, 1.82) is 0 Å². The van der Waals surface area contributed by atoms with E-state index in [-0.39, 0.29) is 5.91 Å². The largest absolute Gasteiger partial charge is 0.437 e. The van der Waals surface area contributed by atoms with Gasteiger partial charge in [0.2, 0.25) is 11.8 Å². The number of amides is 1. The first-order chi connectivity index (χ1) is 9.79. The highest BCUT2D eigenvalue weighted by molar-refractivity contribution is 5.91. The fourth-order valence-corrected chi connectivity index (χ4v) is 1.93. The lowest BCUT2D eigenvalue weighted by molar-refractivity contribution is -0.116. The Morgan fingerprint density at radius 1 is 1.30 bits per heavy atom. The Balaban J connectivity index is 1.81. The molecule has 4 heteroatoms. The van der Waals surface area contributed by atoms with Gasteiger partial charge in [0, 0.05) is 18.7 Å². The predicted molar refractivity (Wildman–Crippen MR) is 80.2 cm³/mol. The Kier molecular flexibility index (Phi) is 5.35. The van der Waals surface area contributed by atoms with Crippen LogP contribution in [0.1, 0.15) is 38.5 Å². The summed E-state index contributed by atoms with van der Waals surface area (Å²) in [4.78, 5) is 15.9. The fraction of sp³-hybridized carbons (Fsp3) is 0.375. The van der Waals surface area contributed by atoms with E-state index in [0.29, 0.717) is 5.89 Å². The minimum absolute atomic E-state index is 0.108. The molecule has 1 amide bonds. The molecule has 1 N–H and O–H groups in total. The highest BCUT2D eigenvalue weighted by Gasteiger charge is 2.02. The molecule has 0 aliphatic rings. The van der Waals surface area contributed by atoms with Crippen molar-refractivity contribution in [3.8, 4) is 0 Å². The minimum Gasteiger partial charge on any atom is -0.437 e. The molecule has 0 saturated carbocycles. The van der Waals surface area contributed by atoms with Crippen LogP contribution in [0, 0.1) is 0 Å². The van der Waals surface area contributed by atoms with Crippen molar-refractivity contribution >= 4 is 23.1 Å². The molecule has 0 aliphatic heterocycles. The minimum atomic E-state index is -0.108. The van der Waals surface area contributed by atoms with Gasteiger partial charge in [-0.15, -0.1) is 0 Å². The number of rotatable bonds is 7. The maximum atomic E-state index is 11.6. The average molecular weight is 272 g/mol. The highest BCUT2D eigenvalue weighted by Crippen LogP contribution is 2.15. The van der Waals surface area contributed by atoms with Gasteiger partial charge in [-0.1, -0.05) is 38.3 Å². The standard InChI is InChI=1S/C16H20N2O2/c1-2-3-4-7-12-17-15(19)10-11-16-18-13-8-5-6-9-14(13)20-16/h5-6,8-11H,2-4,7,12H2,1H3,(H,17,19)/b11-10+. The first-order valence-electron chi connectivity index (χ1n) is 7.11. The van der Waals surface area contributed by atoms with Gasteiger partial charge >= 0.3 is 0 Å². The fourth-order valence-electron chi connectivity index (χ4n) is 1.93. The summed E-state index contributed by atoms with van der Waals surface area (Å²) in [6.07, 6.45) is 7.66. The number of nitrogens with one attached hydrogen (secondary N) is 1. The summed E-state index contributed by atoms with van der Waals surface area (Å²) in [5.41, 5.74) is 1.53. The third kappa shape index (κ3) is 4.23. The number of aromatic nitrogens is 1. The Bertz CT molecular complexity index is 554. The zero-order chi connectivity index (χ0) is 14.2. The molecule has 106 valence electrons. The molecule has 2 rings (SSSR count). The van der Waals surface area contributed by atoms with E-state index in [0.717, 1.165) is 30.5 Å². The van der Waals surface area contributed by atoms with Crippen LogP contribution >= 0.6 is 0 Å². The highest BCUT2D eigenvalue weighted by atomic mass is 16.3. The molecule has 0 aliphatic carbocycles. The van der Waals surface area contributed by atoms with Gasteiger partial charge in [0.25, 0.3) is 0 Å². The van der Waals surface area contributed by atoms with Crippen LogP contribution in [0.2, 0.25) is 0 Å². The van der Waals surface area contributed by atoms with Gasteiger partial charge in [-0.25, -0.2) is 4.98 Å². The second-order valence-corrected chi connectivity index (χ2v) is 4.70. The Hall–Kier alpha value is -2.10. The molecular weight excluding hydrogens is 252 g/mol. The van der Waals surface area contributed by atoms with Crippen LogP contribution in [0.15, 0.2) is 34.8 Å². The summed E-state index contributed by atoms with van der Waals surface area (Å²) in [6.45, 7) is 2.89. The van der Waals surface area contributed by atoms with Gasteiger partial charge in [-0.3, -0.25) is 4.79 Å². The molecule has 1 aromatic carbocycles. The summed E-state index contributed by atoms with van der Waals surface area (Å²) >= 11 is 0. The van der Waals surface area contributed by atoms with Crippen molar-refractivity contribution in [1.82, 2.24) is 10.3 Å². The molecule has 0 fully saturated rings. The van der Waals surface area contributed by atoms with Gasteiger partial charge in [-0.2, -0.15) is 0 Å². The van der Waals surface area contributed by atoms with E-state index in [4.69, 9.17) is 4.42 Å². The van der Waals surface area contributed by atoms with Crippen LogP contribution in [0.25, 0.3) is 17.2 Å². The molecule has 0 atom stereocenters. The quantitative estimate of drug-likeness (QED) is 0.619. The number of hydrogen-bond donors (Lipinski definition) is 1. The number of oxazole rings is 1. The van der Waals surface area contributed by atoms with E-state index in [9.17, 15) is 4.79 Å². The smallest absolute Gasteiger partial charge is 0.244 e. The van der Waals surface area contributed by atoms with Crippen molar-refractivity contribution < 1.29 is 9.21 Å². The number of hydrogen-bond acceptors (Lipinski definition) is 3. The normalized spacial score (nSPS) is 11.2. The van der Waals surface area contributed by atoms with Crippen molar-refractivity contribution in [2.24, 2.45) is 0 Å². The molecule has 0 spiro atoms. The number of fused-ring (bicyclic) bond motifs is 1. The topological polar surface area (TPSA) is 55.1 Å². The SMILES string of the molecule is CCCCCCNC(=O)/C=C/c1nc2ccccc2o1. The molecule has 1 aromatic heterocycles. The maximum absolute atomic E-state index is 11.6. The van der Waals surface area contributed by atoms with Gasteiger partial charge in [0.1, 0.15) is 5.52 Å². The van der Waals surface area contributed by atoms with Gasteiger partial charge in [0.05, 0.1) is 0 Å². The number of para-hydroxylation sites is 2. The molecule has 0 radical (unpaired) electrons. The van der Waals surface area contributed by atoms with Crippen LogP contribution in [0.5, 0.6) is 0 Å². The van der Waals surface area contributed by atoms with E-state index in [1.807, 2.05) is 24.3 Å². The Labute approximate surface area is 118 Å². The van der Waals surface area contributed by atoms with E-state index in [1.165, 1.54) is 18.9 Å². The van der Waals surface area contributed by atoms with Gasteiger partial charge in [0.15, 0.2) is 5.58 Å². The third-order valence-electron chi connectivity index (χ3n) is 3.02. The van der Waals surface area contributed by atoms with Crippen LogP contribution in [0.3, 0.4) is 0 Å². The van der Waals surface area contributed by atoms with Crippen LogP contribution in [0.4, 0.5) is 0 Å². The van der Waals surface area contributed by atoms with E-state index in [2.05, 4.69) is 17.2 Å². The van der Waals surface area contributed by atoms with Crippen LogP contribution < -0.4 is 5.32 Å². The van der Waals surface area contributed by atoms with E-state index in [1.54, 1.807) is 6.08 Å². The molecule has 2 aromatic rings.